The molecular weight excluding hydrogens is 212 g/mol. The van der Waals surface area contributed by atoms with Gasteiger partial charge in [-0.15, -0.1) is 11.3 Å². The van der Waals surface area contributed by atoms with E-state index in [1.54, 1.807) is 11.3 Å². The fourth-order valence-electron chi connectivity index (χ4n) is 1.27. The fourth-order valence-corrected chi connectivity index (χ4v) is 2.49. The van der Waals surface area contributed by atoms with E-state index < -0.39 is 0 Å². The zero-order valence-corrected chi connectivity index (χ0v) is 10.7. The summed E-state index contributed by atoms with van der Waals surface area (Å²) in [5.41, 5.74) is 1.34. The molecule has 1 rings (SSSR count). The molecule has 0 N–H and O–H groups in total. The minimum Gasteiger partial charge on any atom is -0.324 e. The van der Waals surface area contributed by atoms with E-state index in [2.05, 4.69) is 35.8 Å². The average Bonchev–Trinajstić information content (AvgIpc) is 2.46. The summed E-state index contributed by atoms with van der Waals surface area (Å²) in [5, 5.41) is 2.17. The molecule has 0 saturated heterocycles. The maximum absolute atomic E-state index is 4.97. The van der Waals surface area contributed by atoms with Gasteiger partial charge in [-0.2, -0.15) is 0 Å². The lowest BCUT2D eigenvalue weighted by Crippen LogP contribution is -2.15. The van der Waals surface area contributed by atoms with Crippen molar-refractivity contribution in [1.29, 1.82) is 0 Å². The van der Waals surface area contributed by atoms with E-state index in [1.165, 1.54) is 5.69 Å². The lowest BCUT2D eigenvalue weighted by atomic mass is 10.1. The molecule has 78 valence electrons. The number of rotatable bonds is 2. The van der Waals surface area contributed by atoms with E-state index in [1.807, 2.05) is 6.92 Å². The molecular formula is C10H16N2S2. The van der Waals surface area contributed by atoms with Gasteiger partial charge in [-0.3, -0.25) is 0 Å². The zero-order valence-electron chi connectivity index (χ0n) is 9.07. The maximum atomic E-state index is 4.97. The van der Waals surface area contributed by atoms with Crippen LogP contribution in [0, 0.1) is 0 Å². The molecule has 0 radical (unpaired) electrons. The van der Waals surface area contributed by atoms with Crippen molar-refractivity contribution < 1.29 is 0 Å². The standard InChI is InChI=1S/C10H16N2S2/c1-5-7(2)9-6-14-10(12(9)4)11-8(3)13/h6-7H,5H2,1-4H3. The molecule has 1 atom stereocenters. The Hall–Kier alpha value is -0.480. The molecule has 1 aromatic rings. The summed E-state index contributed by atoms with van der Waals surface area (Å²) in [4.78, 5) is 6.00. The predicted molar refractivity (Wildman–Crippen MR) is 65.8 cm³/mol. The van der Waals surface area contributed by atoms with Crippen molar-refractivity contribution in [2.75, 3.05) is 0 Å². The Kier molecular flexibility index (Phi) is 4.01. The van der Waals surface area contributed by atoms with Gasteiger partial charge in [-0.1, -0.05) is 26.1 Å². The van der Waals surface area contributed by atoms with E-state index in [9.17, 15) is 0 Å². The van der Waals surface area contributed by atoms with Gasteiger partial charge in [-0.05, 0) is 19.3 Å². The molecule has 14 heavy (non-hydrogen) atoms. The van der Waals surface area contributed by atoms with Crippen LogP contribution < -0.4 is 4.80 Å². The van der Waals surface area contributed by atoms with Crippen LogP contribution in [0.1, 0.15) is 38.8 Å². The summed E-state index contributed by atoms with van der Waals surface area (Å²) in [6.07, 6.45) is 1.15. The quantitative estimate of drug-likeness (QED) is 0.712. The molecule has 0 fully saturated rings. The minimum atomic E-state index is 0.589. The van der Waals surface area contributed by atoms with Gasteiger partial charge in [0.15, 0.2) is 4.80 Å². The minimum absolute atomic E-state index is 0.589. The molecule has 0 saturated carbocycles. The number of nitrogens with zero attached hydrogens (tertiary/aromatic N) is 2. The SMILES string of the molecule is CCC(C)c1csc(=NC(C)=S)n1C. The Bertz CT molecular complexity index is 387. The number of thiocarbonyl (C=S) groups is 1. The summed E-state index contributed by atoms with van der Waals surface area (Å²) in [6.45, 7) is 6.28. The maximum Gasteiger partial charge on any atom is 0.190 e. The summed E-state index contributed by atoms with van der Waals surface area (Å²) in [6, 6.07) is 0. The third kappa shape index (κ3) is 2.51. The molecule has 0 amide bonds. The van der Waals surface area contributed by atoms with Crippen LogP contribution in [0.5, 0.6) is 0 Å². The second-order valence-electron chi connectivity index (χ2n) is 3.44. The summed E-state index contributed by atoms with van der Waals surface area (Å²) in [7, 11) is 2.05. The highest BCUT2D eigenvalue weighted by atomic mass is 32.1. The Morgan fingerprint density at radius 3 is 2.86 bits per heavy atom. The van der Waals surface area contributed by atoms with Gasteiger partial charge in [-0.25, -0.2) is 4.99 Å². The highest BCUT2D eigenvalue weighted by molar-refractivity contribution is 7.80. The lowest BCUT2D eigenvalue weighted by Gasteiger charge is -2.08. The van der Waals surface area contributed by atoms with E-state index >= 15 is 0 Å². The smallest absolute Gasteiger partial charge is 0.190 e. The predicted octanol–water partition coefficient (Wildman–Crippen LogP) is 2.85. The van der Waals surface area contributed by atoms with Gasteiger partial charge in [0.05, 0.1) is 0 Å². The van der Waals surface area contributed by atoms with Crippen LogP contribution in [0.2, 0.25) is 0 Å². The first-order valence-electron chi connectivity index (χ1n) is 4.76. The molecule has 1 unspecified atom stereocenters. The largest absolute Gasteiger partial charge is 0.324 e. The highest BCUT2D eigenvalue weighted by Gasteiger charge is 2.07. The van der Waals surface area contributed by atoms with Gasteiger partial charge < -0.3 is 4.57 Å². The Labute approximate surface area is 94.3 Å². The fraction of sp³-hybridized carbons (Fsp3) is 0.600. The molecule has 1 heterocycles. The topological polar surface area (TPSA) is 17.3 Å². The molecule has 4 heteroatoms. The van der Waals surface area contributed by atoms with Crippen molar-refractivity contribution in [3.05, 3.63) is 15.9 Å². The van der Waals surface area contributed by atoms with Gasteiger partial charge >= 0.3 is 0 Å². The molecule has 0 aromatic carbocycles. The normalized spacial score (nSPS) is 14.4. The van der Waals surface area contributed by atoms with Crippen LogP contribution >= 0.6 is 23.6 Å². The van der Waals surface area contributed by atoms with Crippen LogP contribution in [0.25, 0.3) is 0 Å². The number of thiazole rings is 1. The van der Waals surface area contributed by atoms with Gasteiger partial charge in [0.2, 0.25) is 0 Å². The Balaban J connectivity index is 3.15. The summed E-state index contributed by atoms with van der Waals surface area (Å²) in [5.74, 6) is 0.589. The van der Waals surface area contributed by atoms with Crippen LogP contribution in [0.3, 0.4) is 0 Å². The van der Waals surface area contributed by atoms with Gasteiger partial charge in [0.1, 0.15) is 4.99 Å². The number of hydrogen-bond acceptors (Lipinski definition) is 2. The van der Waals surface area contributed by atoms with Crippen molar-refractivity contribution in [1.82, 2.24) is 4.57 Å². The van der Waals surface area contributed by atoms with Gasteiger partial charge in [0, 0.05) is 18.1 Å². The first kappa shape index (κ1) is 11.6. The lowest BCUT2D eigenvalue weighted by molar-refractivity contribution is 0.655. The van der Waals surface area contributed by atoms with Crippen molar-refractivity contribution >= 4 is 28.5 Å². The first-order valence-corrected chi connectivity index (χ1v) is 6.04. The monoisotopic (exact) mass is 228 g/mol. The van der Waals surface area contributed by atoms with Crippen LogP contribution in [-0.2, 0) is 7.05 Å². The number of aromatic nitrogens is 1. The second-order valence-corrected chi connectivity index (χ2v) is 4.87. The molecule has 2 nitrogen and oxygen atoms in total. The highest BCUT2D eigenvalue weighted by Crippen LogP contribution is 2.17. The Morgan fingerprint density at radius 1 is 1.71 bits per heavy atom. The van der Waals surface area contributed by atoms with Crippen molar-refractivity contribution in [3.63, 3.8) is 0 Å². The van der Waals surface area contributed by atoms with Crippen LogP contribution in [0.15, 0.2) is 10.4 Å². The second kappa shape index (κ2) is 4.84. The van der Waals surface area contributed by atoms with Crippen molar-refractivity contribution in [2.24, 2.45) is 12.0 Å². The summed E-state index contributed by atoms with van der Waals surface area (Å²) >= 11 is 6.62. The van der Waals surface area contributed by atoms with Gasteiger partial charge in [0.25, 0.3) is 0 Å². The third-order valence-electron chi connectivity index (χ3n) is 2.33. The third-order valence-corrected chi connectivity index (χ3v) is 3.36. The first-order chi connectivity index (χ1) is 6.56. The Morgan fingerprint density at radius 2 is 2.36 bits per heavy atom. The van der Waals surface area contributed by atoms with Crippen molar-refractivity contribution in [3.8, 4) is 0 Å². The molecule has 0 aliphatic carbocycles. The average molecular weight is 228 g/mol. The van der Waals surface area contributed by atoms with E-state index in [0.29, 0.717) is 10.9 Å². The zero-order chi connectivity index (χ0) is 10.7. The summed E-state index contributed by atoms with van der Waals surface area (Å²) < 4.78 is 2.13. The van der Waals surface area contributed by atoms with Crippen LogP contribution in [-0.4, -0.2) is 9.56 Å². The van der Waals surface area contributed by atoms with E-state index in [0.717, 1.165) is 11.2 Å². The molecule has 0 aliphatic rings. The van der Waals surface area contributed by atoms with Crippen molar-refractivity contribution in [2.45, 2.75) is 33.1 Å². The number of hydrogen-bond donors (Lipinski definition) is 0. The molecule has 0 aliphatic heterocycles. The van der Waals surface area contributed by atoms with E-state index in [-0.39, 0.29) is 0 Å². The molecule has 0 bridgehead atoms. The molecule has 0 spiro atoms. The van der Waals surface area contributed by atoms with E-state index in [4.69, 9.17) is 12.2 Å². The van der Waals surface area contributed by atoms with Crippen LogP contribution in [0.4, 0.5) is 0 Å². The molecule has 1 aromatic heterocycles.